The molecule has 1 aromatic heterocycles. The van der Waals surface area contributed by atoms with Gasteiger partial charge >= 0.3 is 0 Å². The monoisotopic (exact) mass is 338 g/mol. The molecular formula is C15H19ClN4O3. The minimum Gasteiger partial charge on any atom is -0.389 e. The quantitative estimate of drug-likeness (QED) is 0.752. The Morgan fingerprint density at radius 3 is 2.87 bits per heavy atom. The topological polar surface area (TPSA) is 89.3 Å². The number of hydrogen-bond acceptors (Lipinski definition) is 5. The molecule has 0 saturated heterocycles. The largest absolute Gasteiger partial charge is 0.389 e. The van der Waals surface area contributed by atoms with Crippen molar-refractivity contribution < 1.29 is 14.6 Å². The van der Waals surface area contributed by atoms with Gasteiger partial charge in [-0.05, 0) is 24.6 Å². The molecule has 2 aromatic rings. The summed E-state index contributed by atoms with van der Waals surface area (Å²) in [6, 6.07) is 7.35. The SMILES string of the molecule is CCOCC(O)CNC(=O)c1cn(Cc2ccc(Cl)cc2)nn1. The molecule has 1 heterocycles. The number of nitrogens with zero attached hydrogens (tertiary/aromatic N) is 3. The van der Waals surface area contributed by atoms with E-state index in [0.29, 0.717) is 18.2 Å². The third kappa shape index (κ3) is 5.63. The molecule has 1 unspecified atom stereocenters. The molecular weight excluding hydrogens is 320 g/mol. The molecule has 0 aliphatic rings. The van der Waals surface area contributed by atoms with Crippen molar-refractivity contribution in [3.8, 4) is 0 Å². The molecule has 2 N–H and O–H groups in total. The van der Waals surface area contributed by atoms with Crippen molar-refractivity contribution in [1.29, 1.82) is 0 Å². The molecule has 0 spiro atoms. The van der Waals surface area contributed by atoms with Gasteiger partial charge in [0.15, 0.2) is 5.69 Å². The van der Waals surface area contributed by atoms with Gasteiger partial charge < -0.3 is 15.2 Å². The van der Waals surface area contributed by atoms with E-state index in [-0.39, 0.29) is 24.8 Å². The van der Waals surface area contributed by atoms with E-state index in [2.05, 4.69) is 15.6 Å². The number of rotatable bonds is 8. The molecule has 0 aliphatic heterocycles. The molecule has 1 aromatic carbocycles. The predicted octanol–water partition coefficient (Wildman–Crippen LogP) is 1.11. The van der Waals surface area contributed by atoms with Crippen LogP contribution < -0.4 is 5.32 Å². The highest BCUT2D eigenvalue weighted by atomic mass is 35.5. The lowest BCUT2D eigenvalue weighted by molar-refractivity contribution is 0.0417. The predicted molar refractivity (Wildman–Crippen MR) is 85.4 cm³/mol. The third-order valence-corrected chi connectivity index (χ3v) is 3.29. The van der Waals surface area contributed by atoms with Gasteiger partial charge in [0.2, 0.25) is 0 Å². The Kier molecular flexibility index (Phi) is 6.52. The maximum atomic E-state index is 11.9. The Morgan fingerprint density at radius 1 is 1.43 bits per heavy atom. The third-order valence-electron chi connectivity index (χ3n) is 3.04. The summed E-state index contributed by atoms with van der Waals surface area (Å²) in [4.78, 5) is 11.9. The smallest absolute Gasteiger partial charge is 0.273 e. The van der Waals surface area contributed by atoms with Crippen LogP contribution in [0.4, 0.5) is 0 Å². The van der Waals surface area contributed by atoms with E-state index < -0.39 is 6.10 Å². The van der Waals surface area contributed by atoms with Crippen LogP contribution in [-0.2, 0) is 11.3 Å². The Balaban J connectivity index is 1.85. The number of ether oxygens (including phenoxy) is 1. The number of carbonyl (C=O) groups excluding carboxylic acids is 1. The van der Waals surface area contributed by atoms with Gasteiger partial charge in [0, 0.05) is 18.2 Å². The van der Waals surface area contributed by atoms with E-state index >= 15 is 0 Å². The summed E-state index contributed by atoms with van der Waals surface area (Å²) in [5, 5.41) is 20.6. The lowest BCUT2D eigenvalue weighted by Crippen LogP contribution is -2.34. The molecule has 0 aliphatic carbocycles. The highest BCUT2D eigenvalue weighted by molar-refractivity contribution is 6.30. The number of aromatic nitrogens is 3. The van der Waals surface area contributed by atoms with Crippen LogP contribution in [0.3, 0.4) is 0 Å². The van der Waals surface area contributed by atoms with E-state index in [1.807, 2.05) is 19.1 Å². The number of halogens is 1. The molecule has 0 saturated carbocycles. The van der Waals surface area contributed by atoms with E-state index in [1.165, 1.54) is 0 Å². The molecule has 1 amide bonds. The number of aliphatic hydroxyl groups is 1. The van der Waals surface area contributed by atoms with Gasteiger partial charge in [-0.25, -0.2) is 4.68 Å². The molecule has 0 radical (unpaired) electrons. The molecule has 124 valence electrons. The Labute approximate surface area is 139 Å². The number of carbonyl (C=O) groups is 1. The molecule has 7 nitrogen and oxygen atoms in total. The summed E-state index contributed by atoms with van der Waals surface area (Å²) in [7, 11) is 0. The van der Waals surface area contributed by atoms with E-state index in [0.717, 1.165) is 5.56 Å². The summed E-state index contributed by atoms with van der Waals surface area (Å²) in [6.45, 7) is 3.13. The van der Waals surface area contributed by atoms with Crippen LogP contribution in [0.15, 0.2) is 30.5 Å². The number of hydrogen-bond donors (Lipinski definition) is 2. The average Bonchev–Trinajstić information content (AvgIpc) is 3.01. The van der Waals surface area contributed by atoms with Gasteiger partial charge in [0.25, 0.3) is 5.91 Å². The van der Waals surface area contributed by atoms with Crippen LogP contribution in [0, 0.1) is 0 Å². The zero-order chi connectivity index (χ0) is 16.7. The maximum Gasteiger partial charge on any atom is 0.273 e. The Morgan fingerprint density at radius 2 is 2.17 bits per heavy atom. The molecule has 0 bridgehead atoms. The standard InChI is InChI=1S/C15H19ClN4O3/c1-2-23-10-13(21)7-17-15(22)14-9-20(19-18-14)8-11-3-5-12(16)6-4-11/h3-6,9,13,21H,2,7-8,10H2,1H3,(H,17,22). The Bertz CT molecular complexity index is 630. The fourth-order valence-corrected chi connectivity index (χ4v) is 2.00. The van der Waals surface area contributed by atoms with Crippen LogP contribution in [0.2, 0.25) is 5.02 Å². The number of amides is 1. The van der Waals surface area contributed by atoms with Crippen LogP contribution in [0.5, 0.6) is 0 Å². The van der Waals surface area contributed by atoms with Crippen molar-refractivity contribution in [1.82, 2.24) is 20.3 Å². The molecule has 2 rings (SSSR count). The summed E-state index contributed by atoms with van der Waals surface area (Å²) >= 11 is 5.84. The molecule has 1 atom stereocenters. The number of nitrogens with one attached hydrogen (secondary N) is 1. The summed E-state index contributed by atoms with van der Waals surface area (Å²) in [6.07, 6.45) is 0.807. The fourth-order valence-electron chi connectivity index (χ4n) is 1.87. The molecule has 0 fully saturated rings. The first-order valence-corrected chi connectivity index (χ1v) is 7.65. The van der Waals surface area contributed by atoms with Crippen molar-refractivity contribution in [2.75, 3.05) is 19.8 Å². The second kappa shape index (κ2) is 8.61. The molecule has 8 heteroatoms. The number of aliphatic hydroxyl groups excluding tert-OH is 1. The Hall–Kier alpha value is -1.96. The van der Waals surface area contributed by atoms with Crippen molar-refractivity contribution in [2.45, 2.75) is 19.6 Å². The van der Waals surface area contributed by atoms with Crippen molar-refractivity contribution in [3.63, 3.8) is 0 Å². The highest BCUT2D eigenvalue weighted by Gasteiger charge is 2.13. The van der Waals surface area contributed by atoms with Gasteiger partial charge in [0.05, 0.1) is 25.5 Å². The summed E-state index contributed by atoms with van der Waals surface area (Å²) < 4.78 is 6.63. The molecule has 23 heavy (non-hydrogen) atoms. The van der Waals surface area contributed by atoms with E-state index in [1.54, 1.807) is 23.0 Å². The highest BCUT2D eigenvalue weighted by Crippen LogP contribution is 2.10. The first-order chi connectivity index (χ1) is 11.1. The van der Waals surface area contributed by atoms with Crippen LogP contribution >= 0.6 is 11.6 Å². The van der Waals surface area contributed by atoms with Gasteiger partial charge in [-0.15, -0.1) is 5.10 Å². The van der Waals surface area contributed by atoms with E-state index in [9.17, 15) is 9.90 Å². The van der Waals surface area contributed by atoms with Crippen LogP contribution in [0.25, 0.3) is 0 Å². The lowest BCUT2D eigenvalue weighted by Gasteiger charge is -2.10. The first-order valence-electron chi connectivity index (χ1n) is 7.27. The zero-order valence-electron chi connectivity index (χ0n) is 12.8. The average molecular weight is 339 g/mol. The van der Waals surface area contributed by atoms with Gasteiger partial charge in [-0.1, -0.05) is 28.9 Å². The van der Waals surface area contributed by atoms with Gasteiger partial charge in [-0.3, -0.25) is 4.79 Å². The second-order valence-corrected chi connectivity index (χ2v) is 5.39. The minimum atomic E-state index is -0.747. The van der Waals surface area contributed by atoms with Gasteiger partial charge in [0.1, 0.15) is 0 Å². The fraction of sp³-hybridized carbons (Fsp3) is 0.400. The minimum absolute atomic E-state index is 0.100. The normalized spacial score (nSPS) is 12.1. The van der Waals surface area contributed by atoms with Crippen LogP contribution in [-0.4, -0.2) is 51.9 Å². The zero-order valence-corrected chi connectivity index (χ0v) is 13.5. The number of benzene rings is 1. The van der Waals surface area contributed by atoms with Gasteiger partial charge in [-0.2, -0.15) is 0 Å². The van der Waals surface area contributed by atoms with E-state index in [4.69, 9.17) is 16.3 Å². The van der Waals surface area contributed by atoms with Crippen molar-refractivity contribution >= 4 is 17.5 Å². The first kappa shape index (κ1) is 17.4. The van der Waals surface area contributed by atoms with Crippen LogP contribution in [0.1, 0.15) is 23.0 Å². The maximum absolute atomic E-state index is 11.9. The van der Waals surface area contributed by atoms with Crippen molar-refractivity contribution in [3.05, 3.63) is 46.7 Å². The second-order valence-electron chi connectivity index (χ2n) is 4.95. The van der Waals surface area contributed by atoms with Crippen molar-refractivity contribution in [2.24, 2.45) is 0 Å². The lowest BCUT2D eigenvalue weighted by atomic mass is 10.2. The summed E-state index contributed by atoms with van der Waals surface area (Å²) in [5.41, 5.74) is 1.20. The summed E-state index contributed by atoms with van der Waals surface area (Å²) in [5.74, 6) is -0.386.